The van der Waals surface area contributed by atoms with Gasteiger partial charge in [0.05, 0.1) is 16.7 Å². The Bertz CT molecular complexity index is 729. The van der Waals surface area contributed by atoms with E-state index in [1.54, 1.807) is 12.1 Å². The number of halogens is 2. The van der Waals surface area contributed by atoms with Crippen molar-refractivity contribution in [1.29, 1.82) is 0 Å². The average molecular weight is 379 g/mol. The van der Waals surface area contributed by atoms with Crippen LogP contribution in [0.1, 0.15) is 23.5 Å². The van der Waals surface area contributed by atoms with Crippen molar-refractivity contribution in [2.24, 2.45) is 0 Å². The van der Waals surface area contributed by atoms with Crippen LogP contribution in [0, 0.1) is 0 Å². The van der Waals surface area contributed by atoms with Gasteiger partial charge in [0, 0.05) is 18.7 Å². The van der Waals surface area contributed by atoms with Crippen LogP contribution >= 0.6 is 23.2 Å². The summed E-state index contributed by atoms with van der Waals surface area (Å²) in [7, 11) is 0. The zero-order chi connectivity index (χ0) is 17.6. The Morgan fingerprint density at radius 3 is 2.64 bits per heavy atom. The van der Waals surface area contributed by atoms with Crippen molar-refractivity contribution in [3.05, 3.63) is 63.6 Å². The quantitative estimate of drug-likeness (QED) is 0.780. The van der Waals surface area contributed by atoms with Crippen LogP contribution in [0.15, 0.2) is 42.5 Å². The maximum atomic E-state index is 11.9. The molecule has 1 aliphatic rings. The minimum absolute atomic E-state index is 0.273. The summed E-state index contributed by atoms with van der Waals surface area (Å²) in [5.41, 5.74) is 2.99. The summed E-state index contributed by atoms with van der Waals surface area (Å²) in [6.07, 6.45) is 1.27. The molecule has 2 aromatic rings. The second kappa shape index (κ2) is 8.56. The van der Waals surface area contributed by atoms with Crippen molar-refractivity contribution in [1.82, 2.24) is 5.32 Å². The number of hydrogen-bond donors (Lipinski definition) is 2. The smallest absolute Gasteiger partial charge is 0.411 e. The SMILES string of the molecule is O=C(Nc1ccc([C@H]2CCNC2)cc1)OCCc1ccc(Cl)c(Cl)c1. The minimum atomic E-state index is -0.463. The van der Waals surface area contributed by atoms with Gasteiger partial charge in [0.25, 0.3) is 0 Å². The molecule has 1 aliphatic heterocycles. The number of carbonyl (C=O) groups excluding carboxylic acids is 1. The van der Waals surface area contributed by atoms with Crippen LogP contribution in [0.4, 0.5) is 10.5 Å². The van der Waals surface area contributed by atoms with Gasteiger partial charge >= 0.3 is 6.09 Å². The summed E-state index contributed by atoms with van der Waals surface area (Å²) < 4.78 is 5.21. The molecule has 1 fully saturated rings. The van der Waals surface area contributed by atoms with Gasteiger partial charge in [-0.15, -0.1) is 0 Å². The average Bonchev–Trinajstić information content (AvgIpc) is 3.13. The molecule has 25 heavy (non-hydrogen) atoms. The summed E-state index contributed by atoms with van der Waals surface area (Å²) in [5, 5.41) is 7.11. The van der Waals surface area contributed by atoms with Gasteiger partial charge < -0.3 is 10.1 Å². The first-order valence-corrected chi connectivity index (χ1v) is 9.06. The largest absolute Gasteiger partial charge is 0.449 e. The molecule has 1 amide bonds. The van der Waals surface area contributed by atoms with E-state index >= 15 is 0 Å². The Kier molecular flexibility index (Phi) is 6.19. The number of rotatable bonds is 5. The second-order valence-corrected chi connectivity index (χ2v) is 6.89. The molecule has 0 spiro atoms. The third-order valence-corrected chi connectivity index (χ3v) is 5.04. The summed E-state index contributed by atoms with van der Waals surface area (Å²) in [6.45, 7) is 2.36. The number of amides is 1. The fourth-order valence-electron chi connectivity index (χ4n) is 2.89. The molecule has 0 radical (unpaired) electrons. The Hall–Kier alpha value is -1.75. The topological polar surface area (TPSA) is 50.4 Å². The fraction of sp³-hybridized carbons (Fsp3) is 0.316. The van der Waals surface area contributed by atoms with Crippen LogP contribution in [0.2, 0.25) is 10.0 Å². The van der Waals surface area contributed by atoms with Crippen LogP contribution < -0.4 is 10.6 Å². The van der Waals surface area contributed by atoms with Gasteiger partial charge in [-0.3, -0.25) is 5.32 Å². The molecule has 3 rings (SSSR count). The summed E-state index contributed by atoms with van der Waals surface area (Å²) in [4.78, 5) is 11.9. The molecule has 6 heteroatoms. The van der Waals surface area contributed by atoms with Gasteiger partial charge in [0.15, 0.2) is 0 Å². The first-order valence-electron chi connectivity index (χ1n) is 8.30. The molecule has 132 valence electrons. The number of hydrogen-bond acceptors (Lipinski definition) is 3. The molecule has 1 atom stereocenters. The molecule has 2 N–H and O–H groups in total. The van der Waals surface area contributed by atoms with E-state index < -0.39 is 6.09 Å². The van der Waals surface area contributed by atoms with E-state index in [0.29, 0.717) is 22.4 Å². The van der Waals surface area contributed by atoms with Crippen LogP contribution in [0.5, 0.6) is 0 Å². The number of benzene rings is 2. The van der Waals surface area contributed by atoms with E-state index in [9.17, 15) is 4.79 Å². The number of ether oxygens (including phenoxy) is 1. The number of nitrogens with one attached hydrogen (secondary N) is 2. The molecular formula is C19H20Cl2N2O2. The highest BCUT2D eigenvalue weighted by atomic mass is 35.5. The van der Waals surface area contributed by atoms with E-state index in [0.717, 1.165) is 30.8 Å². The lowest BCUT2D eigenvalue weighted by molar-refractivity contribution is 0.163. The normalized spacial score (nSPS) is 16.6. The van der Waals surface area contributed by atoms with E-state index in [-0.39, 0.29) is 6.61 Å². The minimum Gasteiger partial charge on any atom is -0.449 e. The predicted molar refractivity (Wildman–Crippen MR) is 102 cm³/mol. The monoisotopic (exact) mass is 378 g/mol. The molecule has 0 unspecified atom stereocenters. The van der Waals surface area contributed by atoms with Crippen LogP contribution in [0.3, 0.4) is 0 Å². The Morgan fingerprint density at radius 2 is 1.96 bits per heavy atom. The lowest BCUT2D eigenvalue weighted by Gasteiger charge is -2.11. The molecule has 0 aromatic heterocycles. The molecule has 2 aromatic carbocycles. The Labute approximate surface area is 157 Å². The number of anilines is 1. The molecule has 4 nitrogen and oxygen atoms in total. The van der Waals surface area contributed by atoms with Gasteiger partial charge in [-0.1, -0.05) is 41.4 Å². The van der Waals surface area contributed by atoms with E-state index in [4.69, 9.17) is 27.9 Å². The molecular weight excluding hydrogens is 359 g/mol. The highest BCUT2D eigenvalue weighted by Gasteiger charge is 2.16. The van der Waals surface area contributed by atoms with Gasteiger partial charge in [-0.05, 0) is 54.3 Å². The van der Waals surface area contributed by atoms with E-state index in [1.807, 2.05) is 18.2 Å². The highest BCUT2D eigenvalue weighted by molar-refractivity contribution is 6.42. The van der Waals surface area contributed by atoms with Crippen molar-refractivity contribution in [3.8, 4) is 0 Å². The van der Waals surface area contributed by atoms with Gasteiger partial charge in [-0.2, -0.15) is 0 Å². The van der Waals surface area contributed by atoms with Crippen LogP contribution in [-0.4, -0.2) is 25.8 Å². The van der Waals surface area contributed by atoms with Crippen molar-refractivity contribution in [2.45, 2.75) is 18.8 Å². The molecule has 1 heterocycles. The standard InChI is InChI=1S/C19H20Cl2N2O2/c20-17-6-1-13(11-18(17)21)8-10-25-19(24)23-16-4-2-14(3-5-16)15-7-9-22-12-15/h1-6,11,15,22H,7-10,12H2,(H,23,24)/t15-/m0/s1. The third kappa shape index (κ3) is 5.11. The van der Waals surface area contributed by atoms with Crippen molar-refractivity contribution in [3.63, 3.8) is 0 Å². The summed E-state index contributed by atoms with van der Waals surface area (Å²) in [6, 6.07) is 13.3. The van der Waals surface area contributed by atoms with E-state index in [1.165, 1.54) is 5.56 Å². The molecule has 1 saturated heterocycles. The predicted octanol–water partition coefficient (Wildman–Crippen LogP) is 4.86. The van der Waals surface area contributed by atoms with Crippen LogP contribution in [0.25, 0.3) is 0 Å². The lowest BCUT2D eigenvalue weighted by Crippen LogP contribution is -2.15. The van der Waals surface area contributed by atoms with Crippen molar-refractivity contribution >= 4 is 35.0 Å². The first kappa shape index (κ1) is 18.1. The van der Waals surface area contributed by atoms with Crippen molar-refractivity contribution in [2.75, 3.05) is 25.0 Å². The van der Waals surface area contributed by atoms with Crippen molar-refractivity contribution < 1.29 is 9.53 Å². The highest BCUT2D eigenvalue weighted by Crippen LogP contribution is 2.24. The molecule has 0 aliphatic carbocycles. The molecule has 0 saturated carbocycles. The maximum absolute atomic E-state index is 11.9. The maximum Gasteiger partial charge on any atom is 0.411 e. The van der Waals surface area contributed by atoms with Gasteiger partial charge in [0.2, 0.25) is 0 Å². The first-order chi connectivity index (χ1) is 12.1. The third-order valence-electron chi connectivity index (χ3n) is 4.30. The lowest BCUT2D eigenvalue weighted by atomic mass is 9.98. The van der Waals surface area contributed by atoms with Gasteiger partial charge in [-0.25, -0.2) is 4.79 Å². The van der Waals surface area contributed by atoms with E-state index in [2.05, 4.69) is 22.8 Å². The van der Waals surface area contributed by atoms with Crippen LogP contribution in [-0.2, 0) is 11.2 Å². The zero-order valence-electron chi connectivity index (χ0n) is 13.7. The Balaban J connectivity index is 1.44. The second-order valence-electron chi connectivity index (χ2n) is 6.07. The molecule has 0 bridgehead atoms. The number of carbonyl (C=O) groups is 1. The summed E-state index contributed by atoms with van der Waals surface area (Å²) >= 11 is 11.8. The van der Waals surface area contributed by atoms with Gasteiger partial charge in [0.1, 0.15) is 0 Å². The zero-order valence-corrected chi connectivity index (χ0v) is 15.2. The fourth-order valence-corrected chi connectivity index (χ4v) is 3.21. The Morgan fingerprint density at radius 1 is 1.16 bits per heavy atom. The summed E-state index contributed by atoms with van der Waals surface area (Å²) in [5.74, 6) is 0.562.